The Bertz CT molecular complexity index is 1090. The van der Waals surface area contributed by atoms with Crippen LogP contribution in [0, 0.1) is 16.0 Å². The molecule has 0 aliphatic rings. The number of aliphatic hydroxyl groups is 2. The zero-order valence-corrected chi connectivity index (χ0v) is 18.1. The van der Waals surface area contributed by atoms with Gasteiger partial charge >= 0.3 is 0 Å². The van der Waals surface area contributed by atoms with Crippen molar-refractivity contribution in [2.45, 2.75) is 25.0 Å². The highest BCUT2D eigenvalue weighted by molar-refractivity contribution is 5.81. The molecular weight excluding hydrogens is 418 g/mol. The van der Waals surface area contributed by atoms with Crippen LogP contribution in [-0.4, -0.2) is 26.3 Å². The summed E-state index contributed by atoms with van der Waals surface area (Å²) in [4.78, 5) is 10.4. The standard InChI is InChI=1S/C27H27NO5/c1-2-25(27(31)21-10-13-23(14-11-21)28(32)33)26(30)17-12-22(20-6-4-3-5-7-20)18-19-8-15-24(29)16-9-19/h2-11,13-16,18,25-27,29-31H,1,12,17H2/b22-18-/t25-,26-,27-/m1/s1. The van der Waals surface area contributed by atoms with Gasteiger partial charge in [0.1, 0.15) is 5.75 Å². The Labute approximate surface area is 192 Å². The Kier molecular flexibility index (Phi) is 8.13. The van der Waals surface area contributed by atoms with Crippen LogP contribution in [0.2, 0.25) is 0 Å². The molecule has 0 radical (unpaired) electrons. The Hall–Kier alpha value is -3.74. The van der Waals surface area contributed by atoms with Gasteiger partial charge in [0, 0.05) is 18.1 Å². The van der Waals surface area contributed by atoms with Gasteiger partial charge in [-0.3, -0.25) is 10.1 Å². The van der Waals surface area contributed by atoms with Crippen LogP contribution in [0.3, 0.4) is 0 Å². The number of aromatic hydroxyl groups is 1. The van der Waals surface area contributed by atoms with Gasteiger partial charge in [-0.25, -0.2) is 0 Å². The minimum absolute atomic E-state index is 0.0616. The van der Waals surface area contributed by atoms with Crippen LogP contribution in [0.5, 0.6) is 5.75 Å². The third kappa shape index (κ3) is 6.38. The number of hydrogen-bond acceptors (Lipinski definition) is 5. The van der Waals surface area contributed by atoms with E-state index in [0.29, 0.717) is 18.4 Å². The lowest BCUT2D eigenvalue weighted by atomic mass is 9.87. The summed E-state index contributed by atoms with van der Waals surface area (Å²) in [5.74, 6) is -0.449. The van der Waals surface area contributed by atoms with Crippen LogP contribution in [0.25, 0.3) is 11.6 Å². The molecule has 3 N–H and O–H groups in total. The molecule has 3 aromatic carbocycles. The van der Waals surface area contributed by atoms with E-state index in [1.165, 1.54) is 30.3 Å². The summed E-state index contributed by atoms with van der Waals surface area (Å²) in [6.45, 7) is 3.77. The number of nitro benzene ring substituents is 1. The molecule has 3 rings (SSSR count). The second-order valence-electron chi connectivity index (χ2n) is 7.84. The van der Waals surface area contributed by atoms with Gasteiger partial charge in [0.15, 0.2) is 0 Å². The monoisotopic (exact) mass is 445 g/mol. The number of non-ortho nitro benzene ring substituents is 1. The van der Waals surface area contributed by atoms with Crippen LogP contribution in [0.15, 0.2) is 91.5 Å². The van der Waals surface area contributed by atoms with E-state index in [1.807, 2.05) is 48.5 Å². The molecule has 0 saturated heterocycles. The fourth-order valence-corrected chi connectivity index (χ4v) is 3.73. The predicted octanol–water partition coefficient (Wildman–Crippen LogP) is 5.52. The number of rotatable bonds is 10. The van der Waals surface area contributed by atoms with Crippen LogP contribution in [0.1, 0.15) is 35.6 Å². The van der Waals surface area contributed by atoms with E-state index in [-0.39, 0.29) is 11.4 Å². The number of phenols is 1. The van der Waals surface area contributed by atoms with Crippen molar-refractivity contribution in [3.63, 3.8) is 0 Å². The highest BCUT2D eigenvalue weighted by Crippen LogP contribution is 2.31. The van der Waals surface area contributed by atoms with E-state index in [0.717, 1.165) is 16.7 Å². The highest BCUT2D eigenvalue weighted by atomic mass is 16.6. The molecule has 6 heteroatoms. The second kappa shape index (κ2) is 11.2. The van der Waals surface area contributed by atoms with E-state index >= 15 is 0 Å². The van der Waals surface area contributed by atoms with Crippen molar-refractivity contribution in [2.24, 2.45) is 5.92 Å². The summed E-state index contributed by atoms with van der Waals surface area (Å²) >= 11 is 0. The van der Waals surface area contributed by atoms with Crippen molar-refractivity contribution in [3.8, 4) is 5.75 Å². The molecule has 0 bridgehead atoms. The summed E-state index contributed by atoms with van der Waals surface area (Å²) in [6, 6.07) is 22.3. The van der Waals surface area contributed by atoms with E-state index in [1.54, 1.807) is 12.1 Å². The highest BCUT2D eigenvalue weighted by Gasteiger charge is 2.26. The topological polar surface area (TPSA) is 104 Å². The first-order valence-corrected chi connectivity index (χ1v) is 10.7. The molecule has 0 saturated carbocycles. The van der Waals surface area contributed by atoms with Crippen molar-refractivity contribution in [2.75, 3.05) is 0 Å². The molecular formula is C27H27NO5. The summed E-state index contributed by atoms with van der Waals surface area (Å²) in [6.07, 6.45) is 2.53. The van der Waals surface area contributed by atoms with Crippen LogP contribution >= 0.6 is 0 Å². The number of benzene rings is 3. The largest absolute Gasteiger partial charge is 0.508 e. The van der Waals surface area contributed by atoms with Gasteiger partial charge in [-0.05, 0) is 59.4 Å². The van der Waals surface area contributed by atoms with Crippen LogP contribution < -0.4 is 0 Å². The molecule has 0 unspecified atom stereocenters. The van der Waals surface area contributed by atoms with Crippen LogP contribution in [-0.2, 0) is 0 Å². The quantitative estimate of drug-likeness (QED) is 0.165. The summed E-state index contributed by atoms with van der Waals surface area (Å²) in [5.41, 5.74) is 3.37. The summed E-state index contributed by atoms with van der Waals surface area (Å²) in [5, 5.41) is 42.1. The van der Waals surface area contributed by atoms with Crippen molar-refractivity contribution in [3.05, 3.63) is 118 Å². The van der Waals surface area contributed by atoms with Gasteiger partial charge in [0.25, 0.3) is 5.69 Å². The average Bonchev–Trinajstić information content (AvgIpc) is 2.84. The molecule has 0 aliphatic carbocycles. The Morgan fingerprint density at radius 3 is 2.18 bits per heavy atom. The fourth-order valence-electron chi connectivity index (χ4n) is 3.73. The summed E-state index contributed by atoms with van der Waals surface area (Å²) in [7, 11) is 0. The molecule has 0 fully saturated rings. The normalized spacial score (nSPS) is 14.3. The van der Waals surface area contributed by atoms with Crippen molar-refractivity contribution in [1.82, 2.24) is 0 Å². The maximum absolute atomic E-state index is 10.9. The van der Waals surface area contributed by atoms with Crippen molar-refractivity contribution in [1.29, 1.82) is 0 Å². The predicted molar refractivity (Wildman–Crippen MR) is 129 cm³/mol. The smallest absolute Gasteiger partial charge is 0.269 e. The Morgan fingerprint density at radius 2 is 1.61 bits per heavy atom. The van der Waals surface area contributed by atoms with Gasteiger partial charge in [-0.1, -0.05) is 54.6 Å². The molecule has 3 atom stereocenters. The van der Waals surface area contributed by atoms with E-state index < -0.39 is 23.0 Å². The van der Waals surface area contributed by atoms with Crippen molar-refractivity contribution >= 4 is 17.3 Å². The molecule has 0 spiro atoms. The number of nitro groups is 1. The lowest BCUT2D eigenvalue weighted by Gasteiger charge is -2.25. The Balaban J connectivity index is 1.76. The van der Waals surface area contributed by atoms with Gasteiger partial charge in [0.2, 0.25) is 0 Å². The third-order valence-electron chi connectivity index (χ3n) is 5.61. The lowest BCUT2D eigenvalue weighted by molar-refractivity contribution is -0.384. The Morgan fingerprint density at radius 1 is 0.970 bits per heavy atom. The SMILES string of the molecule is C=C[C@H]([C@H](O)CC/C(=C/c1ccc(O)cc1)c1ccccc1)[C@H](O)c1ccc([N+](=O)[O-])cc1. The number of phenolic OH excluding ortho intramolecular Hbond substituents is 1. The zero-order chi connectivity index (χ0) is 23.8. The fraction of sp³-hybridized carbons (Fsp3) is 0.185. The molecule has 33 heavy (non-hydrogen) atoms. The lowest BCUT2D eigenvalue weighted by Crippen LogP contribution is -2.25. The maximum Gasteiger partial charge on any atom is 0.269 e. The number of aliphatic hydroxyl groups excluding tert-OH is 2. The first-order valence-electron chi connectivity index (χ1n) is 10.7. The maximum atomic E-state index is 10.9. The molecule has 0 aliphatic heterocycles. The van der Waals surface area contributed by atoms with Gasteiger partial charge in [0.05, 0.1) is 17.1 Å². The first kappa shape index (κ1) is 23.9. The summed E-state index contributed by atoms with van der Waals surface area (Å²) < 4.78 is 0. The molecule has 0 heterocycles. The minimum atomic E-state index is -1.04. The number of hydrogen-bond donors (Lipinski definition) is 3. The molecule has 0 aromatic heterocycles. The average molecular weight is 446 g/mol. The van der Waals surface area contributed by atoms with E-state index in [4.69, 9.17) is 0 Å². The van der Waals surface area contributed by atoms with E-state index in [9.17, 15) is 25.4 Å². The van der Waals surface area contributed by atoms with Crippen molar-refractivity contribution < 1.29 is 20.2 Å². The molecule has 0 amide bonds. The van der Waals surface area contributed by atoms with Gasteiger partial charge in [-0.2, -0.15) is 0 Å². The molecule has 170 valence electrons. The second-order valence-corrected chi connectivity index (χ2v) is 7.84. The first-order chi connectivity index (χ1) is 15.9. The minimum Gasteiger partial charge on any atom is -0.508 e. The number of nitrogens with zero attached hydrogens (tertiary/aromatic N) is 1. The van der Waals surface area contributed by atoms with Gasteiger partial charge in [-0.15, -0.1) is 6.58 Å². The third-order valence-corrected chi connectivity index (χ3v) is 5.61. The van der Waals surface area contributed by atoms with Gasteiger partial charge < -0.3 is 15.3 Å². The van der Waals surface area contributed by atoms with E-state index in [2.05, 4.69) is 6.58 Å². The molecule has 6 nitrogen and oxygen atoms in total. The van der Waals surface area contributed by atoms with Crippen LogP contribution in [0.4, 0.5) is 5.69 Å². The number of allylic oxidation sites excluding steroid dienone is 1. The molecule has 3 aromatic rings. The zero-order valence-electron chi connectivity index (χ0n) is 18.1.